The predicted molar refractivity (Wildman–Crippen MR) is 60.1 cm³/mol. The van der Waals surface area contributed by atoms with E-state index >= 15 is 0 Å². The molecule has 0 aromatic carbocycles. The van der Waals surface area contributed by atoms with Crippen molar-refractivity contribution >= 4 is 5.95 Å². The second-order valence-electron chi connectivity index (χ2n) is 3.21. The van der Waals surface area contributed by atoms with Crippen molar-refractivity contribution in [3.63, 3.8) is 0 Å². The summed E-state index contributed by atoms with van der Waals surface area (Å²) in [7, 11) is 0. The minimum absolute atomic E-state index is 0.185. The number of aromatic nitrogens is 3. The van der Waals surface area contributed by atoms with Crippen LogP contribution in [-0.4, -0.2) is 28.3 Å². The first-order chi connectivity index (χ1) is 7.36. The molecular weight excluding hydrogens is 192 g/mol. The van der Waals surface area contributed by atoms with E-state index in [9.17, 15) is 4.79 Å². The maximum absolute atomic E-state index is 10.9. The molecule has 5 nitrogen and oxygen atoms in total. The van der Waals surface area contributed by atoms with Gasteiger partial charge in [0.25, 0.3) is 5.56 Å². The lowest BCUT2D eigenvalue weighted by molar-refractivity contribution is 0.564. The Hall–Kier alpha value is -1.39. The fourth-order valence-corrected chi connectivity index (χ4v) is 1.55. The van der Waals surface area contributed by atoms with Crippen LogP contribution in [0.15, 0.2) is 11.0 Å². The van der Waals surface area contributed by atoms with Crippen molar-refractivity contribution in [3.05, 3.63) is 16.6 Å². The molecule has 0 atom stereocenters. The summed E-state index contributed by atoms with van der Waals surface area (Å²) in [6.45, 7) is 5.93. The third-order valence-electron chi connectivity index (χ3n) is 2.22. The number of hydrogen-bond acceptors (Lipinski definition) is 4. The highest BCUT2D eigenvalue weighted by molar-refractivity contribution is 5.27. The normalized spacial score (nSPS) is 15.5. The lowest BCUT2D eigenvalue weighted by Gasteiger charge is -2.26. The number of rotatable bonds is 1. The summed E-state index contributed by atoms with van der Waals surface area (Å²) in [5.74, 6) is 0.604. The summed E-state index contributed by atoms with van der Waals surface area (Å²) >= 11 is 0. The first-order valence-electron chi connectivity index (χ1n) is 5.53. The van der Waals surface area contributed by atoms with Gasteiger partial charge in [0.1, 0.15) is 6.20 Å². The summed E-state index contributed by atoms with van der Waals surface area (Å²) in [5, 5.41) is 7.51. The molecule has 5 heteroatoms. The van der Waals surface area contributed by atoms with Crippen molar-refractivity contribution < 1.29 is 0 Å². The van der Waals surface area contributed by atoms with Gasteiger partial charge in [0.15, 0.2) is 0 Å². The van der Waals surface area contributed by atoms with Crippen molar-refractivity contribution in [1.82, 2.24) is 15.2 Å². The molecular formula is C10H18N4O. The Morgan fingerprint density at radius 3 is 2.53 bits per heavy atom. The van der Waals surface area contributed by atoms with Gasteiger partial charge in [-0.2, -0.15) is 0 Å². The molecule has 1 aromatic rings. The molecule has 0 spiro atoms. The van der Waals surface area contributed by atoms with E-state index in [1.165, 1.54) is 25.5 Å². The smallest absolute Gasteiger partial charge is 0.271 e. The van der Waals surface area contributed by atoms with Crippen molar-refractivity contribution in [1.29, 1.82) is 0 Å². The first kappa shape index (κ1) is 11.7. The standard InChI is InChI=1S/C8H12N4O.C2H6/c13-7-6-9-11-8(10-7)12-4-2-1-3-5-12;1-2/h6H,1-5H2,(H,10,11,13);1-2H3. The Morgan fingerprint density at radius 2 is 1.93 bits per heavy atom. The van der Waals surface area contributed by atoms with E-state index in [2.05, 4.69) is 20.1 Å². The van der Waals surface area contributed by atoms with Gasteiger partial charge in [0, 0.05) is 13.1 Å². The molecule has 0 bridgehead atoms. The van der Waals surface area contributed by atoms with Crippen LogP contribution in [0, 0.1) is 0 Å². The third kappa shape index (κ3) is 3.34. The molecule has 1 aliphatic heterocycles. The molecule has 1 N–H and O–H groups in total. The number of nitrogens with one attached hydrogen (secondary N) is 1. The molecule has 0 aliphatic carbocycles. The second-order valence-corrected chi connectivity index (χ2v) is 3.21. The molecule has 2 heterocycles. The molecule has 15 heavy (non-hydrogen) atoms. The molecule has 0 unspecified atom stereocenters. The Balaban J connectivity index is 0.000000531. The van der Waals surface area contributed by atoms with Crippen LogP contribution in [0.3, 0.4) is 0 Å². The molecule has 1 aliphatic rings. The highest BCUT2D eigenvalue weighted by Crippen LogP contribution is 2.12. The van der Waals surface area contributed by atoms with Crippen LogP contribution in [0.25, 0.3) is 0 Å². The molecule has 1 saturated heterocycles. The van der Waals surface area contributed by atoms with Gasteiger partial charge in [0.2, 0.25) is 5.95 Å². The fraction of sp³-hybridized carbons (Fsp3) is 0.700. The van der Waals surface area contributed by atoms with E-state index in [1.54, 1.807) is 0 Å². The van der Waals surface area contributed by atoms with E-state index in [-0.39, 0.29) is 5.56 Å². The van der Waals surface area contributed by atoms with Crippen LogP contribution < -0.4 is 10.5 Å². The topological polar surface area (TPSA) is 61.9 Å². The van der Waals surface area contributed by atoms with Crippen LogP contribution in [0.1, 0.15) is 33.1 Å². The SMILES string of the molecule is CC.O=c1cnnc(N2CCCCC2)[nH]1. The number of aromatic amines is 1. The molecule has 0 radical (unpaired) electrons. The van der Waals surface area contributed by atoms with E-state index < -0.39 is 0 Å². The summed E-state index contributed by atoms with van der Waals surface area (Å²) in [6, 6.07) is 0. The van der Waals surface area contributed by atoms with Crippen LogP contribution in [0.5, 0.6) is 0 Å². The molecule has 1 fully saturated rings. The third-order valence-corrected chi connectivity index (χ3v) is 2.22. The Morgan fingerprint density at radius 1 is 1.27 bits per heavy atom. The zero-order chi connectivity index (χ0) is 11.1. The molecule has 2 rings (SSSR count). The van der Waals surface area contributed by atoms with E-state index in [1.807, 2.05) is 13.8 Å². The van der Waals surface area contributed by atoms with Gasteiger partial charge in [0.05, 0.1) is 0 Å². The van der Waals surface area contributed by atoms with Gasteiger partial charge in [-0.15, -0.1) is 10.2 Å². The van der Waals surface area contributed by atoms with Gasteiger partial charge in [-0.05, 0) is 19.3 Å². The molecule has 0 saturated carbocycles. The van der Waals surface area contributed by atoms with Gasteiger partial charge >= 0.3 is 0 Å². The Bertz CT molecular complexity index is 330. The largest absolute Gasteiger partial charge is 0.341 e. The first-order valence-corrected chi connectivity index (χ1v) is 5.53. The zero-order valence-electron chi connectivity index (χ0n) is 9.36. The second kappa shape index (κ2) is 6.16. The Labute approximate surface area is 89.5 Å². The van der Waals surface area contributed by atoms with Gasteiger partial charge in [-0.1, -0.05) is 13.8 Å². The lowest BCUT2D eigenvalue weighted by Crippen LogP contribution is -2.32. The molecule has 0 amide bonds. The monoisotopic (exact) mass is 210 g/mol. The maximum Gasteiger partial charge on any atom is 0.271 e. The van der Waals surface area contributed by atoms with E-state index in [4.69, 9.17) is 0 Å². The van der Waals surface area contributed by atoms with Crippen molar-refractivity contribution in [2.24, 2.45) is 0 Å². The number of piperidine rings is 1. The van der Waals surface area contributed by atoms with Gasteiger partial charge in [-0.3, -0.25) is 9.78 Å². The van der Waals surface area contributed by atoms with Crippen molar-refractivity contribution in [3.8, 4) is 0 Å². The van der Waals surface area contributed by atoms with Crippen LogP contribution in [-0.2, 0) is 0 Å². The van der Waals surface area contributed by atoms with E-state index in [0.29, 0.717) is 5.95 Å². The summed E-state index contributed by atoms with van der Waals surface area (Å²) < 4.78 is 0. The fourth-order valence-electron chi connectivity index (χ4n) is 1.55. The summed E-state index contributed by atoms with van der Waals surface area (Å²) in [6.07, 6.45) is 4.78. The number of nitrogens with zero attached hydrogens (tertiary/aromatic N) is 3. The van der Waals surface area contributed by atoms with Crippen molar-refractivity contribution in [2.75, 3.05) is 18.0 Å². The van der Waals surface area contributed by atoms with Crippen LogP contribution in [0.4, 0.5) is 5.95 Å². The zero-order valence-corrected chi connectivity index (χ0v) is 9.36. The molecule has 84 valence electrons. The van der Waals surface area contributed by atoms with Gasteiger partial charge in [-0.25, -0.2) is 0 Å². The van der Waals surface area contributed by atoms with Gasteiger partial charge < -0.3 is 4.90 Å². The predicted octanol–water partition coefficient (Wildman–Crippen LogP) is 1.18. The minimum atomic E-state index is -0.185. The quantitative estimate of drug-likeness (QED) is 0.756. The number of anilines is 1. The molecule has 1 aromatic heterocycles. The van der Waals surface area contributed by atoms with Crippen LogP contribution in [0.2, 0.25) is 0 Å². The highest BCUT2D eigenvalue weighted by Gasteiger charge is 2.12. The Kier molecular flexibility index (Phi) is 4.80. The average molecular weight is 210 g/mol. The lowest BCUT2D eigenvalue weighted by atomic mass is 10.1. The summed E-state index contributed by atoms with van der Waals surface area (Å²) in [5.41, 5.74) is -0.185. The maximum atomic E-state index is 10.9. The highest BCUT2D eigenvalue weighted by atomic mass is 16.1. The van der Waals surface area contributed by atoms with E-state index in [0.717, 1.165) is 13.1 Å². The van der Waals surface area contributed by atoms with Crippen LogP contribution >= 0.6 is 0 Å². The summed E-state index contributed by atoms with van der Waals surface area (Å²) in [4.78, 5) is 15.7. The van der Waals surface area contributed by atoms with Crippen molar-refractivity contribution in [2.45, 2.75) is 33.1 Å². The average Bonchev–Trinajstić information content (AvgIpc) is 2.33. The number of hydrogen-bond donors (Lipinski definition) is 1. The number of H-pyrrole nitrogens is 1. The minimum Gasteiger partial charge on any atom is -0.341 e.